The van der Waals surface area contributed by atoms with Crippen LogP contribution in [0.2, 0.25) is 0 Å². The second-order valence-corrected chi connectivity index (χ2v) is 8.89. The summed E-state index contributed by atoms with van der Waals surface area (Å²) in [6, 6.07) is 11.4. The van der Waals surface area contributed by atoms with Gasteiger partial charge in [0.25, 0.3) is 11.1 Å². The molecule has 0 unspecified atom stereocenters. The van der Waals surface area contributed by atoms with E-state index >= 15 is 0 Å². The Morgan fingerprint density at radius 3 is 2.75 bits per heavy atom. The number of ether oxygens (including phenoxy) is 2. The number of benzene rings is 2. The number of nitrogens with zero attached hydrogens (tertiary/aromatic N) is 1. The van der Waals surface area contributed by atoms with Gasteiger partial charge in [-0.2, -0.15) is 0 Å². The molecule has 0 bridgehead atoms. The van der Waals surface area contributed by atoms with Crippen molar-refractivity contribution < 1.29 is 28.2 Å². The number of carbonyl (C=O) groups excluding carboxylic acids is 3. The van der Waals surface area contributed by atoms with Gasteiger partial charge in [0.1, 0.15) is 5.82 Å². The summed E-state index contributed by atoms with van der Waals surface area (Å²) in [6.45, 7) is 0.425. The lowest BCUT2D eigenvalue weighted by atomic mass is 10.2. The van der Waals surface area contributed by atoms with Crippen LogP contribution in [0.4, 0.5) is 9.18 Å². The maximum absolute atomic E-state index is 12.9. The minimum absolute atomic E-state index is 0.0948. The molecule has 3 amide bonds. The number of carbonyl (C=O) groups is 3. The van der Waals surface area contributed by atoms with Crippen LogP contribution in [0.5, 0.6) is 11.5 Å². The number of rotatable bonds is 8. The van der Waals surface area contributed by atoms with Crippen molar-refractivity contribution in [3.63, 3.8) is 0 Å². The lowest BCUT2D eigenvalue weighted by Gasteiger charge is -2.13. The molecule has 0 aromatic heterocycles. The van der Waals surface area contributed by atoms with Crippen molar-refractivity contribution in [2.45, 2.75) is 5.75 Å². The first kappa shape index (κ1) is 22.2. The Balaban J connectivity index is 1.23. The summed E-state index contributed by atoms with van der Waals surface area (Å²) in [5, 5.41) is 2.34. The molecule has 7 nitrogen and oxygen atoms in total. The monoisotopic (exact) mass is 474 g/mol. The van der Waals surface area contributed by atoms with E-state index in [-0.39, 0.29) is 42.6 Å². The van der Waals surface area contributed by atoms with E-state index in [0.717, 1.165) is 27.8 Å². The Hall–Kier alpha value is -2.98. The third-order valence-corrected chi connectivity index (χ3v) is 6.55. The van der Waals surface area contributed by atoms with Crippen LogP contribution in [0.25, 0.3) is 6.08 Å². The van der Waals surface area contributed by atoms with Gasteiger partial charge < -0.3 is 14.8 Å². The SMILES string of the molecule is O=C(CSCc1ccc(F)cc1)NCCN1C(=O)S/C(=C\c2ccc3c(c2)OCO3)C1=O. The molecule has 2 aromatic carbocycles. The fraction of sp³-hybridized carbons (Fsp3) is 0.227. The van der Waals surface area contributed by atoms with E-state index in [1.54, 1.807) is 36.4 Å². The number of amides is 3. The Labute approximate surface area is 192 Å². The van der Waals surface area contributed by atoms with E-state index < -0.39 is 5.91 Å². The molecule has 0 spiro atoms. The van der Waals surface area contributed by atoms with Gasteiger partial charge >= 0.3 is 0 Å². The Morgan fingerprint density at radius 1 is 1.16 bits per heavy atom. The van der Waals surface area contributed by atoms with Crippen molar-refractivity contribution in [3.05, 3.63) is 64.3 Å². The third-order valence-electron chi connectivity index (χ3n) is 4.64. The van der Waals surface area contributed by atoms with Crippen LogP contribution in [0.3, 0.4) is 0 Å². The lowest BCUT2D eigenvalue weighted by molar-refractivity contribution is -0.123. The van der Waals surface area contributed by atoms with Gasteiger partial charge in [0.2, 0.25) is 12.7 Å². The fourth-order valence-electron chi connectivity index (χ4n) is 3.05. The molecule has 2 aliphatic rings. The van der Waals surface area contributed by atoms with E-state index in [2.05, 4.69) is 5.32 Å². The smallest absolute Gasteiger partial charge is 0.293 e. The van der Waals surface area contributed by atoms with Crippen LogP contribution in [0, 0.1) is 5.82 Å². The van der Waals surface area contributed by atoms with Crippen molar-refractivity contribution in [2.75, 3.05) is 25.6 Å². The molecule has 1 N–H and O–H groups in total. The molecule has 32 heavy (non-hydrogen) atoms. The quantitative estimate of drug-likeness (QED) is 0.585. The van der Waals surface area contributed by atoms with E-state index in [0.29, 0.717) is 22.2 Å². The molecule has 0 aliphatic carbocycles. The van der Waals surface area contributed by atoms with Gasteiger partial charge in [-0.15, -0.1) is 11.8 Å². The highest BCUT2D eigenvalue weighted by Gasteiger charge is 2.34. The van der Waals surface area contributed by atoms with Crippen molar-refractivity contribution in [1.29, 1.82) is 0 Å². The van der Waals surface area contributed by atoms with E-state index in [9.17, 15) is 18.8 Å². The maximum atomic E-state index is 12.9. The minimum atomic E-state index is -0.391. The van der Waals surface area contributed by atoms with Crippen LogP contribution in [-0.2, 0) is 15.3 Å². The second-order valence-electron chi connectivity index (χ2n) is 6.92. The molecule has 0 radical (unpaired) electrons. The molecular weight excluding hydrogens is 455 g/mol. The zero-order chi connectivity index (χ0) is 22.5. The molecule has 0 atom stereocenters. The van der Waals surface area contributed by atoms with E-state index in [1.165, 1.54) is 23.9 Å². The first-order chi connectivity index (χ1) is 15.5. The number of imide groups is 1. The molecule has 166 valence electrons. The first-order valence-electron chi connectivity index (χ1n) is 9.73. The minimum Gasteiger partial charge on any atom is -0.454 e. The topological polar surface area (TPSA) is 84.9 Å². The normalized spacial score (nSPS) is 16.2. The molecule has 2 heterocycles. The second kappa shape index (κ2) is 10.1. The summed E-state index contributed by atoms with van der Waals surface area (Å²) in [7, 11) is 0. The molecular formula is C22H19FN2O5S2. The predicted octanol–water partition coefficient (Wildman–Crippen LogP) is 3.64. The van der Waals surface area contributed by atoms with Gasteiger partial charge in [0, 0.05) is 18.8 Å². The summed E-state index contributed by atoms with van der Waals surface area (Å²) in [4.78, 5) is 38.3. The van der Waals surface area contributed by atoms with Crippen LogP contribution in [-0.4, -0.2) is 47.6 Å². The third kappa shape index (κ3) is 5.43. The number of nitrogens with one attached hydrogen (secondary N) is 1. The summed E-state index contributed by atoms with van der Waals surface area (Å²) >= 11 is 2.26. The molecule has 1 fully saturated rings. The molecule has 0 saturated carbocycles. The van der Waals surface area contributed by atoms with Crippen molar-refractivity contribution in [1.82, 2.24) is 10.2 Å². The fourth-order valence-corrected chi connectivity index (χ4v) is 4.73. The summed E-state index contributed by atoms with van der Waals surface area (Å²) in [5.41, 5.74) is 1.66. The zero-order valence-corrected chi connectivity index (χ0v) is 18.5. The number of fused-ring (bicyclic) bond motifs is 1. The highest BCUT2D eigenvalue weighted by atomic mass is 32.2. The average molecular weight is 475 g/mol. The van der Waals surface area contributed by atoms with Gasteiger partial charge in [0.05, 0.1) is 10.7 Å². The van der Waals surface area contributed by atoms with Gasteiger partial charge in [-0.3, -0.25) is 19.3 Å². The zero-order valence-electron chi connectivity index (χ0n) is 16.8. The van der Waals surface area contributed by atoms with Gasteiger partial charge in [-0.1, -0.05) is 18.2 Å². The number of thioether (sulfide) groups is 2. The maximum Gasteiger partial charge on any atom is 0.293 e. The number of halogens is 1. The highest BCUT2D eigenvalue weighted by molar-refractivity contribution is 8.18. The van der Waals surface area contributed by atoms with Crippen LogP contribution < -0.4 is 14.8 Å². The van der Waals surface area contributed by atoms with E-state index in [1.807, 2.05) is 0 Å². The average Bonchev–Trinajstić information content (AvgIpc) is 3.34. The summed E-state index contributed by atoms with van der Waals surface area (Å²) < 4.78 is 23.5. The van der Waals surface area contributed by atoms with E-state index in [4.69, 9.17) is 9.47 Å². The molecule has 2 aromatic rings. The highest BCUT2D eigenvalue weighted by Crippen LogP contribution is 2.36. The van der Waals surface area contributed by atoms with Gasteiger partial charge in [-0.25, -0.2) is 4.39 Å². The standard InChI is InChI=1S/C22H19FN2O5S2/c23-16-4-1-14(2-5-16)11-31-12-20(26)24-7-8-25-21(27)19(32-22(25)28)10-15-3-6-17-18(9-15)30-13-29-17/h1-6,9-10H,7-8,11-13H2,(H,24,26)/b19-10-. The predicted molar refractivity (Wildman–Crippen MR) is 121 cm³/mol. The Bertz CT molecular complexity index is 1070. The van der Waals surface area contributed by atoms with Crippen LogP contribution in [0.1, 0.15) is 11.1 Å². The molecule has 1 saturated heterocycles. The molecule has 2 aliphatic heterocycles. The number of hydrogen-bond acceptors (Lipinski definition) is 7. The Morgan fingerprint density at radius 2 is 1.94 bits per heavy atom. The molecule has 4 rings (SSSR count). The lowest BCUT2D eigenvalue weighted by Crippen LogP contribution is -2.37. The Kier molecular flexibility index (Phi) is 7.01. The van der Waals surface area contributed by atoms with Crippen molar-refractivity contribution in [3.8, 4) is 11.5 Å². The van der Waals surface area contributed by atoms with Gasteiger partial charge in [0.15, 0.2) is 11.5 Å². The van der Waals surface area contributed by atoms with Crippen molar-refractivity contribution >= 4 is 46.7 Å². The van der Waals surface area contributed by atoms with Crippen molar-refractivity contribution in [2.24, 2.45) is 0 Å². The van der Waals surface area contributed by atoms with Crippen LogP contribution >= 0.6 is 23.5 Å². The largest absolute Gasteiger partial charge is 0.454 e. The van der Waals surface area contributed by atoms with Crippen LogP contribution in [0.15, 0.2) is 47.4 Å². The molecule has 10 heteroatoms. The first-order valence-corrected chi connectivity index (χ1v) is 11.7. The summed E-state index contributed by atoms with van der Waals surface area (Å²) in [5.74, 6) is 1.16. The summed E-state index contributed by atoms with van der Waals surface area (Å²) in [6.07, 6.45) is 1.64. The van der Waals surface area contributed by atoms with Gasteiger partial charge in [-0.05, 0) is 53.2 Å². The number of hydrogen-bond donors (Lipinski definition) is 1.